The summed E-state index contributed by atoms with van der Waals surface area (Å²) in [5.41, 5.74) is 5.32. The Morgan fingerprint density at radius 3 is 2.58 bits per heavy atom. The summed E-state index contributed by atoms with van der Waals surface area (Å²) < 4.78 is 0. The van der Waals surface area contributed by atoms with Crippen molar-refractivity contribution in [2.75, 3.05) is 17.7 Å². The first kappa shape index (κ1) is 18.1. The molecule has 0 fully saturated rings. The topological polar surface area (TPSA) is 54.0 Å². The second kappa shape index (κ2) is 7.53. The summed E-state index contributed by atoms with van der Waals surface area (Å²) in [6, 6.07) is 3.91. The Hall–Kier alpha value is -2.27. The minimum absolute atomic E-state index is 0.191. The Kier molecular flexibility index (Phi) is 5.67. The smallest absolute Gasteiger partial charge is 0.257 e. The zero-order valence-electron chi connectivity index (χ0n) is 14.5. The van der Waals surface area contributed by atoms with E-state index in [-0.39, 0.29) is 5.91 Å². The van der Waals surface area contributed by atoms with Gasteiger partial charge >= 0.3 is 0 Å². The molecule has 5 heteroatoms. The Morgan fingerprint density at radius 2 is 2.04 bits per heavy atom. The van der Waals surface area contributed by atoms with Crippen molar-refractivity contribution < 1.29 is 4.79 Å². The number of aryl methyl sites for hydroxylation is 3. The van der Waals surface area contributed by atoms with E-state index in [4.69, 9.17) is 0 Å². The van der Waals surface area contributed by atoms with Gasteiger partial charge in [-0.15, -0.1) is 12.6 Å². The Labute approximate surface area is 148 Å². The third-order valence-corrected chi connectivity index (χ3v) is 4.25. The predicted octanol–water partition coefficient (Wildman–Crippen LogP) is 4.49. The van der Waals surface area contributed by atoms with Gasteiger partial charge in [-0.1, -0.05) is 25.6 Å². The van der Waals surface area contributed by atoms with Crippen LogP contribution in [-0.4, -0.2) is 17.9 Å². The molecule has 0 aliphatic rings. The molecule has 0 bridgehead atoms. The number of hydrogen-bond acceptors (Lipinski definition) is 4. The Balaban J connectivity index is 2.51. The van der Waals surface area contributed by atoms with Crippen LogP contribution in [0.15, 0.2) is 29.8 Å². The maximum absolute atomic E-state index is 12.9. The lowest BCUT2D eigenvalue weighted by molar-refractivity contribution is 0.102. The summed E-state index contributed by atoms with van der Waals surface area (Å²) in [6.07, 6.45) is 4.22. The number of carbonyl (C=O) groups excluding carboxylic acids is 1. The number of benzene rings is 1. The highest BCUT2D eigenvalue weighted by molar-refractivity contribution is 7.80. The van der Waals surface area contributed by atoms with Gasteiger partial charge in [-0.3, -0.25) is 4.79 Å². The first-order valence-electron chi connectivity index (χ1n) is 7.86. The van der Waals surface area contributed by atoms with Gasteiger partial charge in [0, 0.05) is 29.4 Å². The predicted molar refractivity (Wildman–Crippen MR) is 104 cm³/mol. The van der Waals surface area contributed by atoms with Gasteiger partial charge in [0.15, 0.2) is 0 Å². The number of hydrogen-bond donors (Lipinski definition) is 3. The molecule has 0 radical (unpaired) electrons. The first-order chi connectivity index (χ1) is 11.4. The van der Waals surface area contributed by atoms with Gasteiger partial charge < -0.3 is 10.6 Å². The van der Waals surface area contributed by atoms with E-state index in [1.54, 1.807) is 12.3 Å². The molecule has 1 amide bonds. The average molecular weight is 341 g/mol. The van der Waals surface area contributed by atoms with Crippen LogP contribution in [0.3, 0.4) is 0 Å². The number of pyridine rings is 1. The summed E-state index contributed by atoms with van der Waals surface area (Å²) in [6.45, 7) is 9.82. The van der Waals surface area contributed by atoms with Crippen molar-refractivity contribution in [3.8, 4) is 0 Å². The van der Waals surface area contributed by atoms with Crippen molar-refractivity contribution in [3.05, 3.63) is 52.7 Å². The molecule has 0 saturated heterocycles. The van der Waals surface area contributed by atoms with Crippen LogP contribution in [-0.2, 0) is 6.42 Å². The lowest BCUT2D eigenvalue weighted by Gasteiger charge is -2.18. The van der Waals surface area contributed by atoms with Crippen molar-refractivity contribution in [1.29, 1.82) is 0 Å². The van der Waals surface area contributed by atoms with E-state index in [0.717, 1.165) is 39.3 Å². The Bertz CT molecular complexity index is 800. The van der Waals surface area contributed by atoms with Crippen LogP contribution in [0.5, 0.6) is 0 Å². The maximum atomic E-state index is 12.9. The minimum atomic E-state index is -0.191. The fourth-order valence-electron chi connectivity index (χ4n) is 2.86. The summed E-state index contributed by atoms with van der Waals surface area (Å²) in [5, 5.41) is 6.09. The number of amides is 1. The van der Waals surface area contributed by atoms with Gasteiger partial charge in [0.25, 0.3) is 5.91 Å². The van der Waals surface area contributed by atoms with E-state index in [2.05, 4.69) is 41.7 Å². The number of rotatable bonds is 5. The van der Waals surface area contributed by atoms with Gasteiger partial charge in [0.05, 0.1) is 5.56 Å². The van der Waals surface area contributed by atoms with E-state index < -0.39 is 0 Å². The fourth-order valence-corrected chi connectivity index (χ4v) is 3.11. The highest BCUT2D eigenvalue weighted by Crippen LogP contribution is 2.30. The highest BCUT2D eigenvalue weighted by Gasteiger charge is 2.19. The highest BCUT2D eigenvalue weighted by atomic mass is 32.1. The van der Waals surface area contributed by atoms with Gasteiger partial charge in [-0.2, -0.15) is 0 Å². The second-order valence-electron chi connectivity index (χ2n) is 5.64. The number of nitrogens with zero attached hydrogens (tertiary/aromatic N) is 1. The standard InChI is InChI=1S/C19H23N3OS/c1-6-13-8-11(3)16(15(7-2)17(13)20-5)19(23)22-18-12(4)9-14(24)10-21-18/h7-10,20,24H,2,6H2,1,3-5H3,(H,21,22,23). The molecule has 24 heavy (non-hydrogen) atoms. The quantitative estimate of drug-likeness (QED) is 0.703. The number of anilines is 2. The SMILES string of the molecule is C=Cc1c(NC)c(CC)cc(C)c1C(=O)Nc1ncc(S)cc1C. The van der Waals surface area contributed by atoms with Crippen LogP contribution in [0.4, 0.5) is 11.5 Å². The molecular weight excluding hydrogens is 318 g/mol. The van der Waals surface area contributed by atoms with Crippen LogP contribution in [0.25, 0.3) is 6.08 Å². The van der Waals surface area contributed by atoms with Crippen LogP contribution in [0, 0.1) is 13.8 Å². The summed E-state index contributed by atoms with van der Waals surface area (Å²) >= 11 is 4.26. The molecule has 0 unspecified atom stereocenters. The maximum Gasteiger partial charge on any atom is 0.257 e. The molecule has 1 aromatic heterocycles. The summed E-state index contributed by atoms with van der Waals surface area (Å²) in [5.74, 6) is 0.349. The molecule has 2 rings (SSSR count). The van der Waals surface area contributed by atoms with E-state index in [1.165, 1.54) is 0 Å². The summed E-state index contributed by atoms with van der Waals surface area (Å²) in [4.78, 5) is 17.9. The lowest BCUT2D eigenvalue weighted by atomic mass is 9.94. The fraction of sp³-hybridized carbons (Fsp3) is 0.263. The Morgan fingerprint density at radius 1 is 1.33 bits per heavy atom. The van der Waals surface area contributed by atoms with Gasteiger partial charge in [-0.25, -0.2) is 4.98 Å². The molecule has 126 valence electrons. The second-order valence-corrected chi connectivity index (χ2v) is 6.15. The van der Waals surface area contributed by atoms with Gasteiger partial charge in [0.1, 0.15) is 5.82 Å². The van der Waals surface area contributed by atoms with Crippen LogP contribution < -0.4 is 10.6 Å². The zero-order chi connectivity index (χ0) is 17.9. The third-order valence-electron chi connectivity index (χ3n) is 4.00. The van der Waals surface area contributed by atoms with Crippen molar-refractivity contribution in [3.63, 3.8) is 0 Å². The number of nitrogens with one attached hydrogen (secondary N) is 2. The van der Waals surface area contributed by atoms with Crippen LogP contribution >= 0.6 is 12.6 Å². The van der Waals surface area contributed by atoms with Crippen LogP contribution in [0.2, 0.25) is 0 Å². The minimum Gasteiger partial charge on any atom is -0.387 e. The molecule has 2 aromatic rings. The lowest BCUT2D eigenvalue weighted by Crippen LogP contribution is -2.18. The zero-order valence-corrected chi connectivity index (χ0v) is 15.4. The third kappa shape index (κ3) is 3.46. The molecule has 2 N–H and O–H groups in total. The summed E-state index contributed by atoms with van der Waals surface area (Å²) in [7, 11) is 1.86. The number of carbonyl (C=O) groups is 1. The largest absolute Gasteiger partial charge is 0.387 e. The van der Waals surface area contributed by atoms with Crippen molar-refractivity contribution in [2.45, 2.75) is 32.1 Å². The normalized spacial score (nSPS) is 10.4. The van der Waals surface area contributed by atoms with Crippen molar-refractivity contribution in [1.82, 2.24) is 4.98 Å². The van der Waals surface area contributed by atoms with Crippen molar-refractivity contribution in [2.24, 2.45) is 0 Å². The molecule has 0 aliphatic heterocycles. The van der Waals surface area contributed by atoms with Crippen molar-refractivity contribution >= 4 is 36.1 Å². The molecular formula is C19H23N3OS. The molecule has 4 nitrogen and oxygen atoms in total. The number of aromatic nitrogens is 1. The monoisotopic (exact) mass is 341 g/mol. The average Bonchev–Trinajstić information content (AvgIpc) is 2.55. The molecule has 0 spiro atoms. The molecule has 0 aliphatic carbocycles. The molecule has 1 aromatic carbocycles. The van der Waals surface area contributed by atoms with E-state index in [9.17, 15) is 4.79 Å². The van der Waals surface area contributed by atoms with E-state index >= 15 is 0 Å². The van der Waals surface area contributed by atoms with Gasteiger partial charge in [-0.05, 0) is 43.0 Å². The van der Waals surface area contributed by atoms with Crippen LogP contribution in [0.1, 0.15) is 39.5 Å². The molecule has 0 atom stereocenters. The number of thiol groups is 1. The van der Waals surface area contributed by atoms with E-state index in [1.807, 2.05) is 33.0 Å². The first-order valence-corrected chi connectivity index (χ1v) is 8.31. The molecule has 0 saturated carbocycles. The van der Waals surface area contributed by atoms with Gasteiger partial charge in [0.2, 0.25) is 0 Å². The molecule has 1 heterocycles. The van der Waals surface area contributed by atoms with E-state index in [0.29, 0.717) is 11.4 Å².